The maximum Gasteiger partial charge on any atom is 0.240 e. The van der Waals surface area contributed by atoms with E-state index in [4.69, 9.17) is 4.74 Å². The van der Waals surface area contributed by atoms with Crippen LogP contribution in [0.5, 0.6) is 5.75 Å². The Morgan fingerprint density at radius 3 is 2.48 bits per heavy atom. The third-order valence-corrected chi connectivity index (χ3v) is 7.09. The lowest BCUT2D eigenvalue weighted by Gasteiger charge is -2.20. The average molecular weight is 444 g/mol. The topological polar surface area (TPSA) is 96.0 Å². The number of ether oxygens (including phenoxy) is 1. The van der Waals surface area contributed by atoms with E-state index in [9.17, 15) is 18.0 Å². The lowest BCUT2D eigenvalue weighted by Crippen LogP contribution is -2.31. The summed E-state index contributed by atoms with van der Waals surface area (Å²) in [4.78, 5) is 27.5. The Morgan fingerprint density at radius 1 is 1.00 bits per heavy atom. The minimum Gasteiger partial charge on any atom is -0.495 e. The number of para-hydroxylation sites is 1. The van der Waals surface area contributed by atoms with Crippen LogP contribution >= 0.6 is 0 Å². The van der Waals surface area contributed by atoms with Crippen molar-refractivity contribution in [1.29, 1.82) is 0 Å². The summed E-state index contributed by atoms with van der Waals surface area (Å²) in [6, 6.07) is 12.4. The number of anilines is 2. The number of amides is 2. The summed E-state index contributed by atoms with van der Waals surface area (Å²) in [5.74, 6) is -0.455. The number of nitrogens with zero attached hydrogens (tertiary/aromatic N) is 2. The van der Waals surface area contributed by atoms with E-state index in [0.29, 0.717) is 6.42 Å². The number of imide groups is 1. The molecule has 2 heterocycles. The number of nitrogens with one attached hydrogen (secondary N) is 1. The van der Waals surface area contributed by atoms with Crippen LogP contribution in [0, 0.1) is 0 Å². The van der Waals surface area contributed by atoms with Crippen molar-refractivity contribution < 1.29 is 22.7 Å². The highest BCUT2D eigenvalue weighted by molar-refractivity contribution is 7.89. The number of fused-ring (bicyclic) bond motifs is 1. The molecule has 0 bridgehead atoms. The number of hydrogen-bond acceptors (Lipinski definition) is 6. The van der Waals surface area contributed by atoms with Gasteiger partial charge in [0.2, 0.25) is 21.8 Å². The highest BCUT2D eigenvalue weighted by atomic mass is 32.2. The van der Waals surface area contributed by atoms with Gasteiger partial charge >= 0.3 is 0 Å². The molecule has 4 rings (SSSR count). The Bertz CT molecular complexity index is 1100. The summed E-state index contributed by atoms with van der Waals surface area (Å²) in [6.45, 7) is 1.97. The second-order valence-corrected chi connectivity index (χ2v) is 9.34. The Balaban J connectivity index is 1.42. The zero-order valence-electron chi connectivity index (χ0n) is 17.3. The second kappa shape index (κ2) is 8.68. The molecule has 2 aliphatic rings. The number of carbonyl (C=O) groups excluding carboxylic acids is 2. The van der Waals surface area contributed by atoms with Crippen LogP contribution in [0.25, 0.3) is 0 Å². The monoisotopic (exact) mass is 443 g/mol. The van der Waals surface area contributed by atoms with Crippen molar-refractivity contribution in [1.82, 2.24) is 4.72 Å². The molecule has 0 atom stereocenters. The average Bonchev–Trinajstić information content (AvgIpc) is 3.33. The van der Waals surface area contributed by atoms with E-state index in [-0.39, 0.29) is 47.5 Å². The van der Waals surface area contributed by atoms with Crippen molar-refractivity contribution in [3.8, 4) is 5.75 Å². The molecule has 164 valence electrons. The second-order valence-electron chi connectivity index (χ2n) is 7.57. The van der Waals surface area contributed by atoms with Gasteiger partial charge in [-0.25, -0.2) is 18.0 Å². The van der Waals surface area contributed by atoms with Gasteiger partial charge in [0.15, 0.2) is 0 Å². The molecule has 9 heteroatoms. The van der Waals surface area contributed by atoms with Crippen molar-refractivity contribution in [3.05, 3.63) is 48.0 Å². The van der Waals surface area contributed by atoms with Crippen molar-refractivity contribution >= 4 is 33.2 Å². The van der Waals surface area contributed by atoms with Gasteiger partial charge in [-0.05, 0) is 42.7 Å². The maximum atomic E-state index is 12.8. The number of hydrogen-bond donors (Lipinski definition) is 1. The summed E-state index contributed by atoms with van der Waals surface area (Å²) in [6.07, 6.45) is 1.87. The van der Waals surface area contributed by atoms with E-state index in [0.717, 1.165) is 24.4 Å². The fourth-order valence-corrected chi connectivity index (χ4v) is 5.15. The van der Waals surface area contributed by atoms with Crippen molar-refractivity contribution in [3.63, 3.8) is 0 Å². The van der Waals surface area contributed by atoms with Gasteiger partial charge in [-0.15, -0.1) is 0 Å². The van der Waals surface area contributed by atoms with E-state index in [1.54, 1.807) is 0 Å². The van der Waals surface area contributed by atoms with E-state index < -0.39 is 10.0 Å². The predicted molar refractivity (Wildman–Crippen MR) is 117 cm³/mol. The molecule has 0 aromatic heterocycles. The number of rotatable bonds is 8. The first-order chi connectivity index (χ1) is 14.9. The molecular weight excluding hydrogens is 418 g/mol. The summed E-state index contributed by atoms with van der Waals surface area (Å²) in [5.41, 5.74) is 2.69. The number of methoxy groups -OCH3 is 1. The summed E-state index contributed by atoms with van der Waals surface area (Å²) in [7, 11) is -2.39. The zero-order chi connectivity index (χ0) is 22.0. The minimum absolute atomic E-state index is 0.0117. The standard InChI is InChI=1S/C22H25N3O5S/c1-30-20-8-7-17(15-19(20)25-21(26)9-10-22(25)27)31(28,29)23-12-4-13-24-14-11-16-5-2-3-6-18(16)24/h2-3,5-8,15,23H,4,9-14H2,1H3. The van der Waals surface area contributed by atoms with Crippen LogP contribution in [0.2, 0.25) is 0 Å². The Hall–Kier alpha value is -2.91. The van der Waals surface area contributed by atoms with Gasteiger partial charge in [-0.1, -0.05) is 18.2 Å². The predicted octanol–water partition coefficient (Wildman–Crippen LogP) is 2.08. The molecule has 0 saturated carbocycles. The number of benzene rings is 2. The molecule has 2 aromatic carbocycles. The highest BCUT2D eigenvalue weighted by Crippen LogP contribution is 2.34. The molecule has 0 radical (unpaired) electrons. The molecule has 0 aliphatic carbocycles. The highest BCUT2D eigenvalue weighted by Gasteiger charge is 2.33. The maximum absolute atomic E-state index is 12.8. The van der Waals surface area contributed by atoms with Crippen LogP contribution in [0.15, 0.2) is 47.4 Å². The number of sulfonamides is 1. The van der Waals surface area contributed by atoms with Gasteiger partial charge in [-0.3, -0.25) is 9.59 Å². The molecule has 8 nitrogen and oxygen atoms in total. The number of carbonyl (C=O) groups is 2. The van der Waals surface area contributed by atoms with E-state index in [1.165, 1.54) is 36.6 Å². The minimum atomic E-state index is -3.80. The molecule has 2 aromatic rings. The van der Waals surface area contributed by atoms with Crippen molar-refractivity contribution in [2.24, 2.45) is 0 Å². The van der Waals surface area contributed by atoms with Crippen LogP contribution in [0.4, 0.5) is 11.4 Å². The lowest BCUT2D eigenvalue weighted by atomic mass is 10.2. The summed E-state index contributed by atoms with van der Waals surface area (Å²) < 4.78 is 33.5. The van der Waals surface area contributed by atoms with Crippen molar-refractivity contribution in [2.75, 3.05) is 36.5 Å². The molecule has 2 amide bonds. The zero-order valence-corrected chi connectivity index (χ0v) is 18.2. The molecule has 0 spiro atoms. The first-order valence-corrected chi connectivity index (χ1v) is 11.8. The van der Waals surface area contributed by atoms with E-state index >= 15 is 0 Å². The normalized spacial score (nSPS) is 16.2. The Morgan fingerprint density at radius 2 is 1.74 bits per heavy atom. The van der Waals surface area contributed by atoms with Crippen LogP contribution in [-0.2, 0) is 26.0 Å². The molecule has 1 N–H and O–H groups in total. The molecule has 2 aliphatic heterocycles. The molecule has 0 unspecified atom stereocenters. The van der Waals surface area contributed by atoms with Crippen LogP contribution in [0.1, 0.15) is 24.8 Å². The van der Waals surface area contributed by atoms with Crippen LogP contribution < -0.4 is 19.3 Å². The van der Waals surface area contributed by atoms with Crippen LogP contribution in [-0.4, -0.2) is 47.0 Å². The quantitative estimate of drug-likeness (QED) is 0.496. The molecular formula is C22H25N3O5S. The van der Waals surface area contributed by atoms with Crippen molar-refractivity contribution in [2.45, 2.75) is 30.6 Å². The SMILES string of the molecule is COc1ccc(S(=O)(=O)NCCCN2CCc3ccccc32)cc1N1C(=O)CCC1=O. The first kappa shape index (κ1) is 21.3. The van der Waals surface area contributed by atoms with Gasteiger partial charge in [-0.2, -0.15) is 0 Å². The molecule has 31 heavy (non-hydrogen) atoms. The van der Waals surface area contributed by atoms with Gasteiger partial charge in [0.25, 0.3) is 0 Å². The van der Waals surface area contributed by atoms with Crippen LogP contribution in [0.3, 0.4) is 0 Å². The molecule has 1 fully saturated rings. The van der Waals surface area contributed by atoms with Gasteiger partial charge in [0.1, 0.15) is 5.75 Å². The third-order valence-electron chi connectivity index (χ3n) is 5.63. The fraction of sp³-hybridized carbons (Fsp3) is 0.364. The Labute approximate surface area is 181 Å². The summed E-state index contributed by atoms with van der Waals surface area (Å²) >= 11 is 0. The van der Waals surface area contributed by atoms with Gasteiger partial charge < -0.3 is 9.64 Å². The Kier molecular flexibility index (Phi) is 5.97. The van der Waals surface area contributed by atoms with Gasteiger partial charge in [0, 0.05) is 38.2 Å². The van der Waals surface area contributed by atoms with Gasteiger partial charge in [0.05, 0.1) is 17.7 Å². The smallest absolute Gasteiger partial charge is 0.240 e. The lowest BCUT2D eigenvalue weighted by molar-refractivity contribution is -0.121. The van der Waals surface area contributed by atoms with E-state index in [1.807, 2.05) is 12.1 Å². The summed E-state index contributed by atoms with van der Waals surface area (Å²) in [5, 5.41) is 0. The largest absolute Gasteiger partial charge is 0.495 e. The first-order valence-electron chi connectivity index (χ1n) is 10.3. The van der Waals surface area contributed by atoms with E-state index in [2.05, 4.69) is 21.8 Å². The molecule has 1 saturated heterocycles. The fourth-order valence-electron chi connectivity index (χ4n) is 4.06. The third kappa shape index (κ3) is 4.28.